The third-order valence-corrected chi connectivity index (χ3v) is 2.58. The van der Waals surface area contributed by atoms with Gasteiger partial charge in [-0.2, -0.15) is 0 Å². The predicted octanol–water partition coefficient (Wildman–Crippen LogP) is 1.85. The molecule has 0 aromatic heterocycles. The van der Waals surface area contributed by atoms with E-state index in [1.54, 1.807) is 0 Å². The van der Waals surface area contributed by atoms with Crippen molar-refractivity contribution >= 4 is 0 Å². The molecular weight excluding hydrogens is 122 g/mol. The highest BCUT2D eigenvalue weighted by Crippen LogP contribution is 2.21. The van der Waals surface area contributed by atoms with Crippen molar-refractivity contribution < 1.29 is 0 Å². The minimum Gasteiger partial charge on any atom is -0.311 e. The largest absolute Gasteiger partial charge is 0.311 e. The highest BCUT2D eigenvalue weighted by atomic mass is 15.0. The van der Waals surface area contributed by atoms with Crippen LogP contribution in [0.1, 0.15) is 32.1 Å². The van der Waals surface area contributed by atoms with Gasteiger partial charge in [0.1, 0.15) is 0 Å². The molecule has 0 aromatic rings. The van der Waals surface area contributed by atoms with Crippen LogP contribution in [0, 0.1) is 0 Å². The molecule has 1 fully saturated rings. The lowest BCUT2D eigenvalue weighted by molar-refractivity contribution is 0.308. The third kappa shape index (κ3) is 1.24. The fourth-order valence-corrected chi connectivity index (χ4v) is 1.66. The summed E-state index contributed by atoms with van der Waals surface area (Å²) in [7, 11) is 0. The average molecular weight is 137 g/mol. The molecule has 0 aromatic carbocycles. The van der Waals surface area contributed by atoms with Crippen LogP contribution in [-0.2, 0) is 0 Å². The Hall–Kier alpha value is -0.300. The van der Waals surface area contributed by atoms with Crippen LogP contribution in [-0.4, -0.2) is 12.1 Å². The van der Waals surface area contributed by atoms with Crippen LogP contribution in [0.2, 0.25) is 0 Å². The summed E-state index contributed by atoms with van der Waals surface area (Å²) in [6.07, 6.45) is 11.4. The topological polar surface area (TPSA) is 12.0 Å². The number of hydrogen-bond acceptors (Lipinski definition) is 1. The van der Waals surface area contributed by atoms with E-state index in [0.717, 1.165) is 12.1 Å². The van der Waals surface area contributed by atoms with E-state index < -0.39 is 0 Å². The quantitative estimate of drug-likeness (QED) is 0.573. The zero-order chi connectivity index (χ0) is 6.81. The smallest absolute Gasteiger partial charge is 0.0139 e. The van der Waals surface area contributed by atoms with Gasteiger partial charge in [-0.3, -0.25) is 0 Å². The van der Waals surface area contributed by atoms with Gasteiger partial charge in [-0.1, -0.05) is 18.6 Å². The second kappa shape index (κ2) is 2.75. The van der Waals surface area contributed by atoms with E-state index in [1.807, 2.05) is 0 Å². The van der Waals surface area contributed by atoms with Crippen LogP contribution < -0.4 is 5.32 Å². The molecule has 0 atom stereocenters. The van der Waals surface area contributed by atoms with Gasteiger partial charge in [-0.15, -0.1) is 0 Å². The van der Waals surface area contributed by atoms with Gasteiger partial charge in [0.05, 0.1) is 0 Å². The normalized spacial score (nSPS) is 27.2. The van der Waals surface area contributed by atoms with Crippen LogP contribution >= 0.6 is 0 Å². The SMILES string of the molecule is C1=CCC(NC2CCC2)C1. The van der Waals surface area contributed by atoms with Crippen molar-refractivity contribution in [3.8, 4) is 0 Å². The summed E-state index contributed by atoms with van der Waals surface area (Å²) in [6.45, 7) is 0. The summed E-state index contributed by atoms with van der Waals surface area (Å²) in [5.74, 6) is 0. The number of nitrogens with one attached hydrogen (secondary N) is 1. The highest BCUT2D eigenvalue weighted by Gasteiger charge is 2.20. The maximum atomic E-state index is 3.65. The van der Waals surface area contributed by atoms with Gasteiger partial charge in [0.2, 0.25) is 0 Å². The fourth-order valence-electron chi connectivity index (χ4n) is 1.66. The average Bonchev–Trinajstić information content (AvgIpc) is 2.29. The van der Waals surface area contributed by atoms with Gasteiger partial charge in [0.25, 0.3) is 0 Å². The summed E-state index contributed by atoms with van der Waals surface area (Å²) in [5.41, 5.74) is 0. The molecule has 2 aliphatic rings. The molecule has 10 heavy (non-hydrogen) atoms. The van der Waals surface area contributed by atoms with E-state index in [9.17, 15) is 0 Å². The molecule has 1 nitrogen and oxygen atoms in total. The number of hydrogen-bond donors (Lipinski definition) is 1. The van der Waals surface area contributed by atoms with Crippen molar-refractivity contribution in [3.63, 3.8) is 0 Å². The zero-order valence-corrected chi connectivity index (χ0v) is 6.34. The summed E-state index contributed by atoms with van der Waals surface area (Å²) in [4.78, 5) is 0. The van der Waals surface area contributed by atoms with Crippen molar-refractivity contribution in [1.82, 2.24) is 5.32 Å². The van der Waals surface area contributed by atoms with Crippen LogP contribution in [0.25, 0.3) is 0 Å². The Kier molecular flexibility index (Phi) is 1.76. The Labute approximate surface area is 62.5 Å². The van der Waals surface area contributed by atoms with Crippen molar-refractivity contribution in [1.29, 1.82) is 0 Å². The lowest BCUT2D eigenvalue weighted by atomic mass is 9.92. The van der Waals surface area contributed by atoms with E-state index in [1.165, 1.54) is 32.1 Å². The predicted molar refractivity (Wildman–Crippen MR) is 42.9 cm³/mol. The van der Waals surface area contributed by atoms with Gasteiger partial charge in [-0.05, 0) is 25.7 Å². The second-order valence-corrected chi connectivity index (χ2v) is 3.43. The minimum atomic E-state index is 0.783. The minimum absolute atomic E-state index is 0.783. The van der Waals surface area contributed by atoms with Crippen molar-refractivity contribution in [2.45, 2.75) is 44.2 Å². The molecule has 56 valence electrons. The summed E-state index contributed by atoms with van der Waals surface area (Å²) >= 11 is 0. The summed E-state index contributed by atoms with van der Waals surface area (Å²) in [5, 5.41) is 3.65. The molecule has 1 saturated carbocycles. The Morgan fingerprint density at radius 3 is 2.20 bits per heavy atom. The zero-order valence-electron chi connectivity index (χ0n) is 6.34. The van der Waals surface area contributed by atoms with Gasteiger partial charge < -0.3 is 5.32 Å². The number of rotatable bonds is 2. The fraction of sp³-hybridized carbons (Fsp3) is 0.778. The van der Waals surface area contributed by atoms with Crippen LogP contribution in [0.4, 0.5) is 0 Å². The molecule has 0 bridgehead atoms. The molecule has 0 amide bonds. The Morgan fingerprint density at radius 2 is 1.70 bits per heavy atom. The summed E-state index contributed by atoms with van der Waals surface area (Å²) in [6, 6.07) is 1.65. The standard InChI is InChI=1S/C9H15N/c1-2-5-8(4-1)10-9-6-3-7-9/h1-2,8-10H,3-7H2. The van der Waals surface area contributed by atoms with Crippen LogP contribution in [0.15, 0.2) is 12.2 Å². The second-order valence-electron chi connectivity index (χ2n) is 3.43. The lowest BCUT2D eigenvalue weighted by Gasteiger charge is -2.29. The monoisotopic (exact) mass is 137 g/mol. The van der Waals surface area contributed by atoms with E-state index in [2.05, 4.69) is 17.5 Å². The molecule has 1 N–H and O–H groups in total. The highest BCUT2D eigenvalue weighted by molar-refractivity contribution is 4.99. The third-order valence-electron chi connectivity index (χ3n) is 2.58. The Balaban J connectivity index is 1.69. The maximum Gasteiger partial charge on any atom is 0.0139 e. The maximum absolute atomic E-state index is 3.65. The lowest BCUT2D eigenvalue weighted by Crippen LogP contribution is -2.41. The van der Waals surface area contributed by atoms with Crippen LogP contribution in [0.3, 0.4) is 0 Å². The molecule has 0 aliphatic heterocycles. The Bertz CT molecular complexity index is 128. The molecule has 0 spiro atoms. The first-order chi connectivity index (χ1) is 4.95. The molecule has 1 heteroatoms. The molecule has 0 heterocycles. The van der Waals surface area contributed by atoms with E-state index in [0.29, 0.717) is 0 Å². The molecule has 2 aliphatic carbocycles. The molecule has 2 rings (SSSR count). The Morgan fingerprint density at radius 1 is 1.00 bits per heavy atom. The van der Waals surface area contributed by atoms with E-state index in [-0.39, 0.29) is 0 Å². The van der Waals surface area contributed by atoms with Gasteiger partial charge in [0.15, 0.2) is 0 Å². The van der Waals surface area contributed by atoms with E-state index >= 15 is 0 Å². The first-order valence-corrected chi connectivity index (χ1v) is 4.36. The van der Waals surface area contributed by atoms with Gasteiger partial charge >= 0.3 is 0 Å². The van der Waals surface area contributed by atoms with Crippen LogP contribution in [0.5, 0.6) is 0 Å². The van der Waals surface area contributed by atoms with Crippen molar-refractivity contribution in [3.05, 3.63) is 12.2 Å². The first-order valence-electron chi connectivity index (χ1n) is 4.36. The molecule has 0 unspecified atom stereocenters. The summed E-state index contributed by atoms with van der Waals surface area (Å²) < 4.78 is 0. The van der Waals surface area contributed by atoms with Crippen molar-refractivity contribution in [2.75, 3.05) is 0 Å². The van der Waals surface area contributed by atoms with E-state index in [4.69, 9.17) is 0 Å². The van der Waals surface area contributed by atoms with Gasteiger partial charge in [-0.25, -0.2) is 0 Å². The molecule has 0 radical (unpaired) electrons. The molecule has 0 saturated heterocycles. The van der Waals surface area contributed by atoms with Crippen molar-refractivity contribution in [2.24, 2.45) is 0 Å². The first kappa shape index (κ1) is 6.41. The molecular formula is C9H15N. The van der Waals surface area contributed by atoms with Gasteiger partial charge in [0, 0.05) is 12.1 Å².